The van der Waals surface area contributed by atoms with E-state index in [1.807, 2.05) is 6.07 Å². The lowest BCUT2D eigenvalue weighted by Gasteiger charge is -2.09. The van der Waals surface area contributed by atoms with E-state index < -0.39 is 0 Å². The molecule has 78 valence electrons. The van der Waals surface area contributed by atoms with Crippen molar-refractivity contribution in [2.24, 2.45) is 5.92 Å². The molecule has 1 aromatic rings. The highest BCUT2D eigenvalue weighted by Crippen LogP contribution is 2.21. The predicted molar refractivity (Wildman–Crippen MR) is 60.2 cm³/mol. The minimum atomic E-state index is 0.576. The average molecular weight is 194 g/mol. The van der Waals surface area contributed by atoms with Crippen LogP contribution in [0.5, 0.6) is 5.75 Å². The van der Waals surface area contributed by atoms with Gasteiger partial charge in [0.2, 0.25) is 0 Å². The summed E-state index contributed by atoms with van der Waals surface area (Å²) in [5.41, 5.74) is 12.4. The number of rotatable bonds is 4. The lowest BCUT2D eigenvalue weighted by atomic mass is 10.1. The van der Waals surface area contributed by atoms with E-state index in [1.54, 1.807) is 12.1 Å². The molecular formula is C11H18N2O. The van der Waals surface area contributed by atoms with Crippen LogP contribution >= 0.6 is 0 Å². The quantitative estimate of drug-likeness (QED) is 0.723. The Morgan fingerprint density at radius 2 is 1.93 bits per heavy atom. The van der Waals surface area contributed by atoms with Crippen molar-refractivity contribution in [1.29, 1.82) is 0 Å². The van der Waals surface area contributed by atoms with Crippen LogP contribution in [0.2, 0.25) is 0 Å². The van der Waals surface area contributed by atoms with Crippen molar-refractivity contribution in [3.8, 4) is 5.75 Å². The van der Waals surface area contributed by atoms with E-state index in [0.717, 1.165) is 18.8 Å². The summed E-state index contributed by atoms with van der Waals surface area (Å²) in [5, 5.41) is 0. The molecule has 1 rings (SSSR count). The van der Waals surface area contributed by atoms with Crippen LogP contribution in [0.25, 0.3) is 0 Å². The van der Waals surface area contributed by atoms with Gasteiger partial charge in [-0.1, -0.05) is 13.8 Å². The maximum absolute atomic E-state index is 5.65. The van der Waals surface area contributed by atoms with Gasteiger partial charge in [0.1, 0.15) is 5.75 Å². The van der Waals surface area contributed by atoms with E-state index in [2.05, 4.69) is 13.8 Å². The van der Waals surface area contributed by atoms with Crippen LogP contribution < -0.4 is 16.2 Å². The number of nitrogen functional groups attached to an aromatic ring is 2. The Morgan fingerprint density at radius 3 is 2.50 bits per heavy atom. The van der Waals surface area contributed by atoms with E-state index in [9.17, 15) is 0 Å². The molecule has 3 heteroatoms. The maximum atomic E-state index is 5.65. The number of ether oxygens (including phenoxy) is 1. The third kappa shape index (κ3) is 3.17. The van der Waals surface area contributed by atoms with E-state index >= 15 is 0 Å². The van der Waals surface area contributed by atoms with Crippen molar-refractivity contribution >= 4 is 11.4 Å². The highest BCUT2D eigenvalue weighted by atomic mass is 16.5. The van der Waals surface area contributed by atoms with Crippen molar-refractivity contribution in [3.05, 3.63) is 18.2 Å². The number of hydrogen-bond donors (Lipinski definition) is 2. The molecule has 0 spiro atoms. The first-order valence-electron chi connectivity index (χ1n) is 4.87. The molecule has 0 aliphatic heterocycles. The molecule has 0 bridgehead atoms. The summed E-state index contributed by atoms with van der Waals surface area (Å²) in [6.45, 7) is 5.06. The van der Waals surface area contributed by atoms with Gasteiger partial charge in [-0.25, -0.2) is 0 Å². The largest absolute Gasteiger partial charge is 0.494 e. The van der Waals surface area contributed by atoms with Gasteiger partial charge in [0.05, 0.1) is 18.0 Å². The first-order chi connectivity index (χ1) is 6.59. The summed E-state index contributed by atoms with van der Waals surface area (Å²) in [5.74, 6) is 1.44. The van der Waals surface area contributed by atoms with Crippen LogP contribution in [-0.2, 0) is 0 Å². The molecule has 0 aromatic heterocycles. The predicted octanol–water partition coefficient (Wildman–Crippen LogP) is 2.28. The van der Waals surface area contributed by atoms with Crippen molar-refractivity contribution in [1.82, 2.24) is 0 Å². The molecule has 0 radical (unpaired) electrons. The first kappa shape index (κ1) is 10.7. The second kappa shape index (κ2) is 4.74. The lowest BCUT2D eigenvalue weighted by Crippen LogP contribution is -2.02. The second-order valence-electron chi connectivity index (χ2n) is 3.82. The molecule has 0 saturated heterocycles. The van der Waals surface area contributed by atoms with Crippen LogP contribution in [0.15, 0.2) is 18.2 Å². The van der Waals surface area contributed by atoms with Gasteiger partial charge in [-0.2, -0.15) is 0 Å². The Morgan fingerprint density at radius 1 is 1.21 bits per heavy atom. The van der Waals surface area contributed by atoms with Crippen molar-refractivity contribution in [2.75, 3.05) is 18.1 Å². The average Bonchev–Trinajstić information content (AvgIpc) is 2.10. The van der Waals surface area contributed by atoms with Crippen LogP contribution in [0.1, 0.15) is 20.3 Å². The van der Waals surface area contributed by atoms with Crippen LogP contribution in [0.4, 0.5) is 11.4 Å². The molecule has 4 N–H and O–H groups in total. The van der Waals surface area contributed by atoms with Crippen molar-refractivity contribution in [2.45, 2.75) is 20.3 Å². The fourth-order valence-electron chi connectivity index (χ4n) is 1.06. The van der Waals surface area contributed by atoms with Crippen LogP contribution in [-0.4, -0.2) is 6.61 Å². The third-order valence-corrected chi connectivity index (χ3v) is 2.02. The van der Waals surface area contributed by atoms with E-state index in [4.69, 9.17) is 16.2 Å². The summed E-state index contributed by atoms with van der Waals surface area (Å²) in [4.78, 5) is 0. The van der Waals surface area contributed by atoms with Gasteiger partial charge in [0.25, 0.3) is 0 Å². The van der Waals surface area contributed by atoms with Gasteiger partial charge >= 0.3 is 0 Å². The summed E-state index contributed by atoms with van der Waals surface area (Å²) in [6, 6.07) is 5.36. The third-order valence-electron chi connectivity index (χ3n) is 2.02. The van der Waals surface area contributed by atoms with Gasteiger partial charge in [0, 0.05) is 6.07 Å². The molecule has 1 aromatic carbocycles. The minimum absolute atomic E-state index is 0.576. The maximum Gasteiger partial charge on any atom is 0.121 e. The highest BCUT2D eigenvalue weighted by molar-refractivity contribution is 5.65. The topological polar surface area (TPSA) is 61.3 Å². The molecule has 0 fully saturated rings. The Labute approximate surface area is 85.0 Å². The minimum Gasteiger partial charge on any atom is -0.494 e. The Balaban J connectivity index is 2.47. The molecule has 0 saturated carbocycles. The Hall–Kier alpha value is -1.38. The standard InChI is InChI=1S/C11H18N2O/c1-8(2)5-6-14-9-3-4-10(12)11(13)7-9/h3-4,7-8H,5-6,12-13H2,1-2H3. The summed E-state index contributed by atoms with van der Waals surface area (Å²) >= 11 is 0. The molecule has 0 unspecified atom stereocenters. The molecule has 0 atom stereocenters. The number of benzene rings is 1. The van der Waals surface area contributed by atoms with Gasteiger partial charge in [-0.05, 0) is 24.5 Å². The van der Waals surface area contributed by atoms with E-state index in [1.165, 1.54) is 0 Å². The monoisotopic (exact) mass is 194 g/mol. The zero-order valence-electron chi connectivity index (χ0n) is 8.79. The molecule has 3 nitrogen and oxygen atoms in total. The Bertz CT molecular complexity index is 297. The van der Waals surface area contributed by atoms with Gasteiger partial charge in [0.15, 0.2) is 0 Å². The Kier molecular flexibility index (Phi) is 3.63. The lowest BCUT2D eigenvalue weighted by molar-refractivity contribution is 0.289. The van der Waals surface area contributed by atoms with E-state index in [-0.39, 0.29) is 0 Å². The number of hydrogen-bond acceptors (Lipinski definition) is 3. The molecular weight excluding hydrogens is 176 g/mol. The normalized spacial score (nSPS) is 10.5. The summed E-state index contributed by atoms with van der Waals surface area (Å²) in [7, 11) is 0. The summed E-state index contributed by atoms with van der Waals surface area (Å²) < 4.78 is 5.52. The number of anilines is 2. The van der Waals surface area contributed by atoms with Crippen molar-refractivity contribution in [3.63, 3.8) is 0 Å². The summed E-state index contributed by atoms with van der Waals surface area (Å²) in [6.07, 6.45) is 1.05. The molecule has 0 aliphatic rings. The SMILES string of the molecule is CC(C)CCOc1ccc(N)c(N)c1. The fourth-order valence-corrected chi connectivity index (χ4v) is 1.06. The van der Waals surface area contributed by atoms with Crippen molar-refractivity contribution < 1.29 is 4.74 Å². The van der Waals surface area contributed by atoms with Gasteiger partial charge in [-0.15, -0.1) is 0 Å². The van der Waals surface area contributed by atoms with E-state index in [0.29, 0.717) is 17.3 Å². The second-order valence-corrected chi connectivity index (χ2v) is 3.82. The fraction of sp³-hybridized carbons (Fsp3) is 0.455. The first-order valence-corrected chi connectivity index (χ1v) is 4.87. The molecule has 0 amide bonds. The van der Waals surface area contributed by atoms with Crippen LogP contribution in [0.3, 0.4) is 0 Å². The smallest absolute Gasteiger partial charge is 0.121 e. The highest BCUT2D eigenvalue weighted by Gasteiger charge is 1.99. The zero-order valence-corrected chi connectivity index (χ0v) is 8.79. The number of nitrogens with two attached hydrogens (primary N) is 2. The molecule has 14 heavy (non-hydrogen) atoms. The van der Waals surface area contributed by atoms with Gasteiger partial charge in [-0.3, -0.25) is 0 Å². The molecule has 0 heterocycles. The zero-order chi connectivity index (χ0) is 10.6. The molecule has 0 aliphatic carbocycles. The van der Waals surface area contributed by atoms with Crippen LogP contribution in [0, 0.1) is 5.92 Å². The van der Waals surface area contributed by atoms with Gasteiger partial charge < -0.3 is 16.2 Å².